The molecule has 86 valence electrons. The Balaban J connectivity index is 1.84. The monoisotopic (exact) mass is 225 g/mol. The van der Waals surface area contributed by atoms with Crippen LogP contribution in [0, 0.1) is 0 Å². The standard InChI is InChI=1S/C15H15NO/c17-12-15-8-6-14(7-9-15)11-16-10-13-4-2-1-3-5-13/h1-9,12,16H,10-11H2. The average molecular weight is 225 g/mol. The highest BCUT2D eigenvalue weighted by Gasteiger charge is 1.94. The molecule has 0 aliphatic heterocycles. The number of carbonyl (C=O) groups is 1. The third-order valence-electron chi connectivity index (χ3n) is 2.62. The molecule has 0 aliphatic carbocycles. The van der Waals surface area contributed by atoms with Crippen molar-refractivity contribution < 1.29 is 4.79 Å². The Kier molecular flexibility index (Phi) is 4.05. The second-order valence-electron chi connectivity index (χ2n) is 3.95. The molecule has 0 spiro atoms. The van der Waals surface area contributed by atoms with Gasteiger partial charge in [-0.1, -0.05) is 54.6 Å². The third kappa shape index (κ3) is 3.54. The van der Waals surface area contributed by atoms with E-state index in [4.69, 9.17) is 0 Å². The molecule has 1 N–H and O–H groups in total. The molecule has 0 amide bonds. The van der Waals surface area contributed by atoms with Gasteiger partial charge in [0.1, 0.15) is 6.29 Å². The van der Waals surface area contributed by atoms with Crippen molar-refractivity contribution in [3.8, 4) is 0 Å². The zero-order valence-electron chi connectivity index (χ0n) is 9.60. The van der Waals surface area contributed by atoms with Crippen LogP contribution in [-0.2, 0) is 13.1 Å². The van der Waals surface area contributed by atoms with Crippen molar-refractivity contribution in [2.45, 2.75) is 13.1 Å². The first-order chi connectivity index (χ1) is 8.38. The van der Waals surface area contributed by atoms with Gasteiger partial charge in [-0.15, -0.1) is 0 Å². The van der Waals surface area contributed by atoms with Gasteiger partial charge in [-0.05, 0) is 11.1 Å². The van der Waals surface area contributed by atoms with Crippen molar-refractivity contribution in [1.82, 2.24) is 5.32 Å². The summed E-state index contributed by atoms with van der Waals surface area (Å²) >= 11 is 0. The predicted octanol–water partition coefficient (Wildman–Crippen LogP) is 2.79. The Morgan fingerprint density at radius 1 is 0.824 bits per heavy atom. The molecule has 2 rings (SSSR count). The van der Waals surface area contributed by atoms with Crippen LogP contribution in [0.3, 0.4) is 0 Å². The van der Waals surface area contributed by atoms with Gasteiger partial charge in [0.15, 0.2) is 0 Å². The number of rotatable bonds is 5. The van der Waals surface area contributed by atoms with Gasteiger partial charge in [-0.2, -0.15) is 0 Å². The number of hydrogen-bond donors (Lipinski definition) is 1. The number of hydrogen-bond acceptors (Lipinski definition) is 2. The summed E-state index contributed by atoms with van der Waals surface area (Å²) in [5.74, 6) is 0. The molecule has 2 aromatic rings. The van der Waals surface area contributed by atoms with Crippen LogP contribution in [0.2, 0.25) is 0 Å². The molecule has 17 heavy (non-hydrogen) atoms. The Morgan fingerprint density at radius 2 is 1.41 bits per heavy atom. The lowest BCUT2D eigenvalue weighted by atomic mass is 10.1. The summed E-state index contributed by atoms with van der Waals surface area (Å²) in [5.41, 5.74) is 3.18. The maximum atomic E-state index is 10.5. The van der Waals surface area contributed by atoms with E-state index in [1.165, 1.54) is 11.1 Å². The zero-order chi connectivity index (χ0) is 11.9. The van der Waals surface area contributed by atoms with Crippen LogP contribution < -0.4 is 5.32 Å². The van der Waals surface area contributed by atoms with E-state index >= 15 is 0 Å². The van der Waals surface area contributed by atoms with Gasteiger partial charge >= 0.3 is 0 Å². The molecule has 0 aliphatic rings. The molecule has 0 bridgehead atoms. The van der Waals surface area contributed by atoms with E-state index in [0.29, 0.717) is 0 Å². The van der Waals surface area contributed by atoms with E-state index in [-0.39, 0.29) is 0 Å². The maximum Gasteiger partial charge on any atom is 0.150 e. The van der Waals surface area contributed by atoms with Crippen molar-refractivity contribution >= 4 is 6.29 Å². The van der Waals surface area contributed by atoms with E-state index in [1.807, 2.05) is 42.5 Å². The number of carbonyl (C=O) groups excluding carboxylic acids is 1. The van der Waals surface area contributed by atoms with Crippen LogP contribution >= 0.6 is 0 Å². The molecule has 2 aromatic carbocycles. The number of nitrogens with one attached hydrogen (secondary N) is 1. The zero-order valence-corrected chi connectivity index (χ0v) is 9.60. The van der Waals surface area contributed by atoms with Gasteiger partial charge in [-0.25, -0.2) is 0 Å². The molecule has 0 fully saturated rings. The topological polar surface area (TPSA) is 29.1 Å². The van der Waals surface area contributed by atoms with E-state index in [9.17, 15) is 4.79 Å². The molecule has 0 heterocycles. The fourth-order valence-electron chi connectivity index (χ4n) is 1.66. The van der Waals surface area contributed by atoms with Crippen LogP contribution in [0.5, 0.6) is 0 Å². The summed E-state index contributed by atoms with van der Waals surface area (Å²) in [5, 5.41) is 3.37. The fourth-order valence-corrected chi connectivity index (χ4v) is 1.66. The highest BCUT2D eigenvalue weighted by atomic mass is 16.1. The minimum Gasteiger partial charge on any atom is -0.309 e. The Labute approximate surface area is 101 Å². The van der Waals surface area contributed by atoms with Crippen molar-refractivity contribution in [1.29, 1.82) is 0 Å². The first kappa shape index (κ1) is 11.6. The van der Waals surface area contributed by atoms with E-state index < -0.39 is 0 Å². The molecule has 0 atom stereocenters. The van der Waals surface area contributed by atoms with Crippen LogP contribution in [0.4, 0.5) is 0 Å². The molecule has 0 unspecified atom stereocenters. The smallest absolute Gasteiger partial charge is 0.150 e. The SMILES string of the molecule is O=Cc1ccc(CNCc2ccccc2)cc1. The lowest BCUT2D eigenvalue weighted by Gasteiger charge is -2.05. The Bertz CT molecular complexity index is 462. The van der Waals surface area contributed by atoms with Crippen LogP contribution in [0.1, 0.15) is 21.5 Å². The average Bonchev–Trinajstić information content (AvgIpc) is 2.41. The minimum absolute atomic E-state index is 0.719. The van der Waals surface area contributed by atoms with Crippen molar-refractivity contribution in [3.63, 3.8) is 0 Å². The van der Waals surface area contributed by atoms with E-state index in [0.717, 1.165) is 24.9 Å². The van der Waals surface area contributed by atoms with Gasteiger partial charge < -0.3 is 5.32 Å². The van der Waals surface area contributed by atoms with Gasteiger partial charge in [-0.3, -0.25) is 4.79 Å². The van der Waals surface area contributed by atoms with Crippen molar-refractivity contribution in [2.75, 3.05) is 0 Å². The summed E-state index contributed by atoms with van der Waals surface area (Å²) < 4.78 is 0. The highest BCUT2D eigenvalue weighted by Crippen LogP contribution is 2.03. The summed E-state index contributed by atoms with van der Waals surface area (Å²) in [6.07, 6.45) is 0.862. The van der Waals surface area contributed by atoms with E-state index in [1.54, 1.807) is 0 Å². The largest absolute Gasteiger partial charge is 0.309 e. The lowest BCUT2D eigenvalue weighted by molar-refractivity contribution is 0.112. The van der Waals surface area contributed by atoms with Gasteiger partial charge in [0.2, 0.25) is 0 Å². The van der Waals surface area contributed by atoms with Crippen LogP contribution in [0.25, 0.3) is 0 Å². The third-order valence-corrected chi connectivity index (χ3v) is 2.62. The summed E-state index contributed by atoms with van der Waals surface area (Å²) in [4.78, 5) is 10.5. The van der Waals surface area contributed by atoms with E-state index in [2.05, 4.69) is 17.4 Å². The van der Waals surface area contributed by atoms with Gasteiger partial charge in [0.25, 0.3) is 0 Å². The molecule has 0 saturated heterocycles. The van der Waals surface area contributed by atoms with Gasteiger partial charge in [0, 0.05) is 18.7 Å². The maximum absolute atomic E-state index is 10.5. The number of benzene rings is 2. The Morgan fingerprint density at radius 3 is 2.00 bits per heavy atom. The molecular formula is C15H15NO. The van der Waals surface area contributed by atoms with Crippen molar-refractivity contribution in [3.05, 3.63) is 71.3 Å². The summed E-state index contributed by atoms with van der Waals surface area (Å²) in [7, 11) is 0. The summed E-state index contributed by atoms with van der Waals surface area (Å²) in [6, 6.07) is 17.9. The molecule has 0 radical (unpaired) electrons. The molecule has 0 aromatic heterocycles. The molecule has 2 nitrogen and oxygen atoms in total. The quantitative estimate of drug-likeness (QED) is 0.793. The second-order valence-corrected chi connectivity index (χ2v) is 3.95. The minimum atomic E-state index is 0.719. The predicted molar refractivity (Wildman–Crippen MR) is 68.8 cm³/mol. The first-order valence-corrected chi connectivity index (χ1v) is 5.67. The van der Waals surface area contributed by atoms with Crippen LogP contribution in [-0.4, -0.2) is 6.29 Å². The first-order valence-electron chi connectivity index (χ1n) is 5.67. The Hall–Kier alpha value is -1.93. The lowest BCUT2D eigenvalue weighted by Crippen LogP contribution is -2.12. The van der Waals surface area contributed by atoms with Crippen LogP contribution in [0.15, 0.2) is 54.6 Å². The second kappa shape index (κ2) is 5.97. The fraction of sp³-hybridized carbons (Fsp3) is 0.133. The summed E-state index contributed by atoms with van der Waals surface area (Å²) in [6.45, 7) is 1.67. The molecule has 0 saturated carbocycles. The number of aldehydes is 1. The van der Waals surface area contributed by atoms with Gasteiger partial charge in [0.05, 0.1) is 0 Å². The molecular weight excluding hydrogens is 210 g/mol. The van der Waals surface area contributed by atoms with Crippen molar-refractivity contribution in [2.24, 2.45) is 0 Å². The normalized spacial score (nSPS) is 10.1. The highest BCUT2D eigenvalue weighted by molar-refractivity contribution is 5.74. The molecule has 2 heteroatoms.